The van der Waals surface area contributed by atoms with E-state index in [1.54, 1.807) is 11.8 Å². The van der Waals surface area contributed by atoms with Gasteiger partial charge in [0.2, 0.25) is 5.88 Å². The summed E-state index contributed by atoms with van der Waals surface area (Å²) in [5.41, 5.74) is 6.51. The molecule has 2 N–H and O–H groups in total. The lowest BCUT2D eigenvalue weighted by atomic mass is 10.4. The molecule has 0 atom stereocenters. The number of hydrogen-bond acceptors (Lipinski definition) is 4. The van der Waals surface area contributed by atoms with Crippen molar-refractivity contribution >= 4 is 33.4 Å². The quantitative estimate of drug-likeness (QED) is 0.869. The molecular formula is C15H15BrN2OS. The predicted octanol–water partition coefficient (Wildman–Crippen LogP) is 4.37. The Kier molecular flexibility index (Phi) is 4.17. The van der Waals surface area contributed by atoms with Crippen LogP contribution in [0.2, 0.25) is 0 Å². The number of pyridine rings is 1. The number of nitrogen functional groups attached to an aromatic ring is 1. The van der Waals surface area contributed by atoms with Crippen LogP contribution in [0.5, 0.6) is 5.88 Å². The highest BCUT2D eigenvalue weighted by atomic mass is 79.9. The molecule has 5 heteroatoms. The predicted molar refractivity (Wildman–Crippen MR) is 85.1 cm³/mol. The number of rotatable bonds is 5. The molecule has 0 saturated heterocycles. The summed E-state index contributed by atoms with van der Waals surface area (Å²) in [7, 11) is 0. The molecule has 104 valence electrons. The molecule has 20 heavy (non-hydrogen) atoms. The fraction of sp³-hybridized carbons (Fsp3) is 0.267. The molecule has 1 aromatic heterocycles. The number of ether oxygens (including phenoxy) is 1. The smallest absolute Gasteiger partial charge is 0.238 e. The fourth-order valence-electron chi connectivity index (χ4n) is 1.73. The summed E-state index contributed by atoms with van der Waals surface area (Å²) in [6.45, 7) is 0.723. The molecule has 1 aliphatic rings. The molecule has 3 nitrogen and oxygen atoms in total. The van der Waals surface area contributed by atoms with Crippen LogP contribution in [0.1, 0.15) is 12.8 Å². The van der Waals surface area contributed by atoms with E-state index < -0.39 is 0 Å². The molecule has 1 fully saturated rings. The average Bonchev–Trinajstić information content (AvgIpc) is 3.26. The first-order chi connectivity index (χ1) is 9.72. The topological polar surface area (TPSA) is 48.1 Å². The van der Waals surface area contributed by atoms with Crippen LogP contribution in [-0.4, -0.2) is 11.6 Å². The van der Waals surface area contributed by atoms with Gasteiger partial charge in [0, 0.05) is 9.37 Å². The number of anilines is 1. The number of halogens is 1. The lowest BCUT2D eigenvalue weighted by Gasteiger charge is -2.09. The van der Waals surface area contributed by atoms with Crippen LogP contribution < -0.4 is 10.5 Å². The van der Waals surface area contributed by atoms with Crippen molar-refractivity contribution in [3.8, 4) is 5.88 Å². The second-order valence-electron chi connectivity index (χ2n) is 4.83. The van der Waals surface area contributed by atoms with Gasteiger partial charge in [0.25, 0.3) is 0 Å². The lowest BCUT2D eigenvalue weighted by molar-refractivity contribution is 0.288. The van der Waals surface area contributed by atoms with E-state index in [1.165, 1.54) is 12.8 Å². The number of nitrogens with two attached hydrogens (primary N) is 1. The second kappa shape index (κ2) is 6.06. The molecule has 0 radical (unpaired) electrons. The third-order valence-corrected chi connectivity index (χ3v) is 5.03. The second-order valence-corrected chi connectivity index (χ2v) is 6.75. The average molecular weight is 351 g/mol. The molecule has 0 amide bonds. The number of aromatic nitrogens is 1. The zero-order valence-electron chi connectivity index (χ0n) is 10.9. The van der Waals surface area contributed by atoms with Crippen molar-refractivity contribution in [2.75, 3.05) is 12.3 Å². The van der Waals surface area contributed by atoms with Gasteiger partial charge in [-0.1, -0.05) is 23.9 Å². The fourth-order valence-corrected chi connectivity index (χ4v) is 3.06. The van der Waals surface area contributed by atoms with E-state index in [1.807, 2.05) is 30.3 Å². The molecule has 0 aliphatic heterocycles. The van der Waals surface area contributed by atoms with Gasteiger partial charge < -0.3 is 10.5 Å². The molecular weight excluding hydrogens is 336 g/mol. The van der Waals surface area contributed by atoms with Crippen molar-refractivity contribution in [1.82, 2.24) is 4.98 Å². The van der Waals surface area contributed by atoms with Crippen LogP contribution in [-0.2, 0) is 0 Å². The maximum Gasteiger partial charge on any atom is 0.238 e. The third kappa shape index (κ3) is 3.46. The van der Waals surface area contributed by atoms with E-state index >= 15 is 0 Å². The van der Waals surface area contributed by atoms with Gasteiger partial charge in [-0.25, -0.2) is 4.98 Å². The van der Waals surface area contributed by atoms with E-state index in [-0.39, 0.29) is 0 Å². The lowest BCUT2D eigenvalue weighted by Crippen LogP contribution is -2.04. The maximum atomic E-state index is 5.91. The first-order valence-corrected chi connectivity index (χ1v) is 8.15. The molecule has 1 aliphatic carbocycles. The van der Waals surface area contributed by atoms with Gasteiger partial charge >= 0.3 is 0 Å². The van der Waals surface area contributed by atoms with Gasteiger partial charge in [0.05, 0.1) is 12.3 Å². The molecule has 0 spiro atoms. The van der Waals surface area contributed by atoms with Crippen molar-refractivity contribution in [3.05, 3.63) is 40.9 Å². The van der Waals surface area contributed by atoms with Crippen LogP contribution in [0, 0.1) is 5.92 Å². The van der Waals surface area contributed by atoms with Crippen molar-refractivity contribution in [2.24, 2.45) is 5.92 Å². The first kappa shape index (κ1) is 13.8. The van der Waals surface area contributed by atoms with Crippen LogP contribution in [0.15, 0.2) is 50.8 Å². The van der Waals surface area contributed by atoms with Gasteiger partial charge in [-0.3, -0.25) is 0 Å². The summed E-state index contributed by atoms with van der Waals surface area (Å²) in [6, 6.07) is 11.9. The molecule has 0 bridgehead atoms. The summed E-state index contributed by atoms with van der Waals surface area (Å²) >= 11 is 5.13. The van der Waals surface area contributed by atoms with Gasteiger partial charge in [0.1, 0.15) is 5.03 Å². The van der Waals surface area contributed by atoms with Gasteiger partial charge in [0.15, 0.2) is 0 Å². The Morgan fingerprint density at radius 1 is 1.25 bits per heavy atom. The number of benzene rings is 1. The SMILES string of the molecule is Nc1ccc(Sc2ccccc2Br)nc1OCC1CC1. The van der Waals surface area contributed by atoms with Crippen LogP contribution in [0.3, 0.4) is 0 Å². The standard InChI is InChI=1S/C15H15BrN2OS/c16-11-3-1-2-4-13(11)20-14-8-7-12(17)15(18-14)19-9-10-5-6-10/h1-4,7-8,10H,5-6,9,17H2. The molecule has 3 rings (SSSR count). The summed E-state index contributed by atoms with van der Waals surface area (Å²) in [4.78, 5) is 5.63. The van der Waals surface area contributed by atoms with Gasteiger partial charge in [-0.05, 0) is 59.0 Å². The molecule has 2 aromatic rings. The van der Waals surface area contributed by atoms with Crippen molar-refractivity contribution < 1.29 is 4.74 Å². The maximum absolute atomic E-state index is 5.91. The van der Waals surface area contributed by atoms with E-state index in [2.05, 4.69) is 27.0 Å². The Labute approximate surface area is 131 Å². The third-order valence-electron chi connectivity index (χ3n) is 3.07. The van der Waals surface area contributed by atoms with Crippen molar-refractivity contribution in [1.29, 1.82) is 0 Å². The molecule has 1 aromatic carbocycles. The van der Waals surface area contributed by atoms with Crippen molar-refractivity contribution in [2.45, 2.75) is 22.8 Å². The highest BCUT2D eigenvalue weighted by Gasteiger charge is 2.22. The van der Waals surface area contributed by atoms with E-state index in [0.717, 1.165) is 21.0 Å². The molecule has 1 saturated carbocycles. The van der Waals surface area contributed by atoms with E-state index in [4.69, 9.17) is 10.5 Å². The highest BCUT2D eigenvalue weighted by Crippen LogP contribution is 2.35. The van der Waals surface area contributed by atoms with Crippen LogP contribution in [0.25, 0.3) is 0 Å². The Morgan fingerprint density at radius 2 is 2.05 bits per heavy atom. The largest absolute Gasteiger partial charge is 0.476 e. The van der Waals surface area contributed by atoms with E-state index in [0.29, 0.717) is 17.5 Å². The highest BCUT2D eigenvalue weighted by molar-refractivity contribution is 9.10. The monoisotopic (exact) mass is 350 g/mol. The zero-order valence-corrected chi connectivity index (χ0v) is 13.3. The van der Waals surface area contributed by atoms with Crippen LogP contribution >= 0.6 is 27.7 Å². The minimum Gasteiger partial charge on any atom is -0.476 e. The minimum absolute atomic E-state index is 0.550. The van der Waals surface area contributed by atoms with E-state index in [9.17, 15) is 0 Å². The Morgan fingerprint density at radius 3 is 2.80 bits per heavy atom. The Hall–Kier alpha value is -1.20. The van der Waals surface area contributed by atoms with Gasteiger partial charge in [-0.2, -0.15) is 0 Å². The number of nitrogens with zero attached hydrogens (tertiary/aromatic N) is 1. The Bertz CT molecular complexity index is 617. The van der Waals surface area contributed by atoms with Gasteiger partial charge in [-0.15, -0.1) is 0 Å². The summed E-state index contributed by atoms with van der Waals surface area (Å²) < 4.78 is 6.77. The normalized spacial score (nSPS) is 14.2. The Balaban J connectivity index is 1.75. The van der Waals surface area contributed by atoms with Crippen LogP contribution in [0.4, 0.5) is 5.69 Å². The molecule has 1 heterocycles. The van der Waals surface area contributed by atoms with Crippen molar-refractivity contribution in [3.63, 3.8) is 0 Å². The first-order valence-electron chi connectivity index (χ1n) is 6.54. The molecule has 0 unspecified atom stereocenters. The number of hydrogen-bond donors (Lipinski definition) is 1. The summed E-state index contributed by atoms with van der Waals surface area (Å²) in [5, 5.41) is 0.886. The summed E-state index contributed by atoms with van der Waals surface area (Å²) in [6.07, 6.45) is 2.51. The zero-order chi connectivity index (χ0) is 13.9. The summed E-state index contributed by atoms with van der Waals surface area (Å²) in [5.74, 6) is 1.24. The minimum atomic E-state index is 0.550.